The lowest BCUT2D eigenvalue weighted by Crippen LogP contribution is -2.10. The van der Waals surface area contributed by atoms with Crippen molar-refractivity contribution in [3.63, 3.8) is 0 Å². The predicted molar refractivity (Wildman–Crippen MR) is 115 cm³/mol. The highest BCUT2D eigenvalue weighted by Gasteiger charge is 2.21. The van der Waals surface area contributed by atoms with E-state index in [9.17, 15) is 25.0 Å². The van der Waals surface area contributed by atoms with E-state index in [1.54, 1.807) is 6.07 Å². The van der Waals surface area contributed by atoms with Gasteiger partial charge in [0.25, 0.3) is 5.69 Å². The van der Waals surface area contributed by atoms with Crippen LogP contribution in [0.25, 0.3) is 0 Å². The number of carbonyl (C=O) groups is 1. The molecule has 3 rings (SSSR count). The van der Waals surface area contributed by atoms with Crippen LogP contribution < -0.4 is 4.74 Å². The summed E-state index contributed by atoms with van der Waals surface area (Å²) in [6.07, 6.45) is 1.30. The van der Waals surface area contributed by atoms with Crippen LogP contribution in [0.3, 0.4) is 0 Å². The van der Waals surface area contributed by atoms with Crippen LogP contribution in [-0.2, 0) is 0 Å². The Morgan fingerprint density at radius 3 is 2.42 bits per heavy atom. The number of nitrogens with zero attached hydrogens (tertiary/aromatic N) is 3. The second-order valence-corrected chi connectivity index (χ2v) is 6.88. The Kier molecular flexibility index (Phi) is 6.58. The van der Waals surface area contributed by atoms with Gasteiger partial charge in [0, 0.05) is 29.4 Å². The molecule has 0 fully saturated rings. The van der Waals surface area contributed by atoms with Crippen molar-refractivity contribution in [1.29, 1.82) is 0 Å². The van der Waals surface area contributed by atoms with Crippen LogP contribution in [0.15, 0.2) is 65.7 Å². The molecule has 0 spiro atoms. The lowest BCUT2D eigenvalue weighted by molar-refractivity contribution is -0.385. The van der Waals surface area contributed by atoms with E-state index in [0.717, 1.165) is 6.07 Å². The van der Waals surface area contributed by atoms with E-state index in [4.69, 9.17) is 27.9 Å². The van der Waals surface area contributed by atoms with E-state index >= 15 is 0 Å². The predicted octanol–water partition coefficient (Wildman–Crippen LogP) is 5.78. The summed E-state index contributed by atoms with van der Waals surface area (Å²) < 4.78 is 5.15. The largest absolute Gasteiger partial charge is 0.416 e. The van der Waals surface area contributed by atoms with Crippen molar-refractivity contribution in [2.75, 3.05) is 0 Å². The van der Waals surface area contributed by atoms with Crippen molar-refractivity contribution in [1.82, 2.24) is 0 Å². The van der Waals surface area contributed by atoms with Crippen LogP contribution in [0, 0.1) is 20.2 Å². The van der Waals surface area contributed by atoms with Crippen LogP contribution in [0.5, 0.6) is 5.75 Å². The van der Waals surface area contributed by atoms with Gasteiger partial charge in [-0.15, -0.1) is 0 Å². The first kappa shape index (κ1) is 21.9. The Labute approximate surface area is 184 Å². The van der Waals surface area contributed by atoms with Gasteiger partial charge in [0.05, 0.1) is 26.1 Å². The molecule has 0 saturated carbocycles. The lowest BCUT2D eigenvalue weighted by atomic mass is 10.2. The number of hydrogen-bond donors (Lipinski definition) is 0. The number of aliphatic imine (C=N–C) groups is 1. The molecule has 3 aromatic rings. The zero-order valence-electron chi connectivity index (χ0n) is 15.4. The minimum atomic E-state index is -0.886. The molecule has 0 unspecified atom stereocenters. The van der Waals surface area contributed by atoms with Gasteiger partial charge in [0.15, 0.2) is 0 Å². The van der Waals surface area contributed by atoms with Crippen LogP contribution in [-0.4, -0.2) is 22.0 Å². The summed E-state index contributed by atoms with van der Waals surface area (Å²) >= 11 is 11.8. The molecular weight excluding hydrogens is 449 g/mol. The molecule has 0 aliphatic carbocycles. The van der Waals surface area contributed by atoms with Crippen LogP contribution in [0.1, 0.15) is 15.9 Å². The third-order valence-corrected chi connectivity index (χ3v) is 4.48. The summed E-state index contributed by atoms with van der Waals surface area (Å²) in [6, 6.07) is 13.6. The third-order valence-electron chi connectivity index (χ3n) is 3.94. The van der Waals surface area contributed by atoms with Crippen molar-refractivity contribution in [2.24, 2.45) is 4.99 Å². The quantitative estimate of drug-likeness (QED) is 0.151. The lowest BCUT2D eigenvalue weighted by Gasteiger charge is -2.07. The minimum absolute atomic E-state index is 0.00308. The molecule has 0 saturated heterocycles. The number of hydrogen-bond acceptors (Lipinski definition) is 7. The fraction of sp³-hybridized carbons (Fsp3) is 0. The maximum atomic E-state index is 12.3. The standard InChI is InChI=1S/C20H11Cl2N3O6/c21-13-5-6-16(17(22)9-13)20(26)31-19-7-4-12(8-18(19)25(29)30)11-23-14-2-1-3-15(10-14)24(27)28/h1-11H. The fourth-order valence-electron chi connectivity index (χ4n) is 2.49. The van der Waals surface area contributed by atoms with Crippen LogP contribution >= 0.6 is 23.2 Å². The molecule has 0 aliphatic heterocycles. The first-order chi connectivity index (χ1) is 14.7. The van der Waals surface area contributed by atoms with Gasteiger partial charge in [-0.25, -0.2) is 4.79 Å². The molecule has 0 N–H and O–H groups in total. The molecule has 0 aliphatic rings. The van der Waals surface area contributed by atoms with Crippen molar-refractivity contribution < 1.29 is 19.4 Å². The summed E-state index contributed by atoms with van der Waals surface area (Å²) in [6.45, 7) is 0. The van der Waals surface area contributed by atoms with E-state index in [-0.39, 0.29) is 22.0 Å². The monoisotopic (exact) mass is 459 g/mol. The molecule has 0 bridgehead atoms. The van der Waals surface area contributed by atoms with Gasteiger partial charge in [0.1, 0.15) is 0 Å². The third kappa shape index (κ3) is 5.41. The van der Waals surface area contributed by atoms with E-state index in [1.165, 1.54) is 54.7 Å². The van der Waals surface area contributed by atoms with Gasteiger partial charge < -0.3 is 4.74 Å². The van der Waals surface area contributed by atoms with Crippen molar-refractivity contribution in [3.8, 4) is 5.75 Å². The Morgan fingerprint density at radius 1 is 0.968 bits per heavy atom. The van der Waals surface area contributed by atoms with Gasteiger partial charge in [-0.05, 0) is 42.0 Å². The van der Waals surface area contributed by atoms with Gasteiger partial charge >= 0.3 is 11.7 Å². The zero-order chi connectivity index (χ0) is 22.5. The van der Waals surface area contributed by atoms with Gasteiger partial charge in [0.2, 0.25) is 5.75 Å². The molecule has 0 heterocycles. The number of benzene rings is 3. The number of non-ortho nitro benzene ring substituents is 1. The molecule has 0 amide bonds. The Hall–Kier alpha value is -3.82. The molecule has 156 valence electrons. The highest BCUT2D eigenvalue weighted by Crippen LogP contribution is 2.30. The summed E-state index contributed by atoms with van der Waals surface area (Å²) in [4.78, 5) is 37.5. The van der Waals surface area contributed by atoms with Crippen molar-refractivity contribution >= 4 is 52.4 Å². The number of rotatable bonds is 6. The van der Waals surface area contributed by atoms with Gasteiger partial charge in [-0.1, -0.05) is 29.3 Å². The van der Waals surface area contributed by atoms with Crippen molar-refractivity contribution in [3.05, 3.63) is 102 Å². The molecule has 0 atom stereocenters. The Balaban J connectivity index is 1.86. The zero-order valence-corrected chi connectivity index (χ0v) is 16.9. The molecule has 3 aromatic carbocycles. The van der Waals surface area contributed by atoms with E-state index in [0.29, 0.717) is 16.3 Å². The van der Waals surface area contributed by atoms with Crippen LogP contribution in [0.4, 0.5) is 17.1 Å². The summed E-state index contributed by atoms with van der Waals surface area (Å²) in [5.41, 5.74) is 0.00845. The Bertz CT molecular complexity index is 1230. The number of carbonyl (C=O) groups excluding carboxylic acids is 1. The topological polar surface area (TPSA) is 125 Å². The Morgan fingerprint density at radius 2 is 1.74 bits per heavy atom. The van der Waals surface area contributed by atoms with E-state index < -0.39 is 21.5 Å². The second kappa shape index (κ2) is 9.33. The van der Waals surface area contributed by atoms with Gasteiger partial charge in [-0.3, -0.25) is 25.2 Å². The first-order valence-electron chi connectivity index (χ1n) is 8.49. The fourth-order valence-corrected chi connectivity index (χ4v) is 2.98. The maximum Gasteiger partial charge on any atom is 0.345 e. The highest BCUT2D eigenvalue weighted by molar-refractivity contribution is 6.36. The summed E-state index contributed by atoms with van der Waals surface area (Å²) in [5.74, 6) is -1.17. The number of esters is 1. The highest BCUT2D eigenvalue weighted by atomic mass is 35.5. The smallest absolute Gasteiger partial charge is 0.345 e. The summed E-state index contributed by atoms with van der Waals surface area (Å²) in [5, 5.41) is 22.6. The van der Waals surface area contributed by atoms with E-state index in [2.05, 4.69) is 4.99 Å². The SMILES string of the molecule is O=C(Oc1ccc(C=Nc2cccc([N+](=O)[O-])c2)cc1[N+](=O)[O-])c1ccc(Cl)cc1Cl. The van der Waals surface area contributed by atoms with Gasteiger partial charge in [-0.2, -0.15) is 0 Å². The number of ether oxygens (including phenoxy) is 1. The number of nitro benzene ring substituents is 2. The molecular formula is C20H11Cl2N3O6. The van der Waals surface area contributed by atoms with E-state index in [1.807, 2.05) is 0 Å². The normalized spacial score (nSPS) is 10.8. The molecule has 9 nitrogen and oxygen atoms in total. The summed E-state index contributed by atoms with van der Waals surface area (Å²) in [7, 11) is 0. The molecule has 31 heavy (non-hydrogen) atoms. The maximum absolute atomic E-state index is 12.3. The molecule has 0 radical (unpaired) electrons. The molecule has 11 heteroatoms. The first-order valence-corrected chi connectivity index (χ1v) is 9.24. The number of nitro groups is 2. The average molecular weight is 460 g/mol. The molecule has 0 aromatic heterocycles. The van der Waals surface area contributed by atoms with Crippen molar-refractivity contribution in [2.45, 2.75) is 0 Å². The second-order valence-electron chi connectivity index (χ2n) is 6.03. The number of halogens is 2. The van der Waals surface area contributed by atoms with Crippen LogP contribution in [0.2, 0.25) is 10.0 Å². The average Bonchev–Trinajstić information content (AvgIpc) is 2.72. The minimum Gasteiger partial charge on any atom is -0.416 e.